The lowest BCUT2D eigenvalue weighted by Crippen LogP contribution is -2.14. The molecule has 4 aromatic rings. The molecular formula is C23H22ClN3O2. The van der Waals surface area contributed by atoms with E-state index in [0.717, 1.165) is 28.3 Å². The fraction of sp³-hybridized carbons (Fsp3) is 0.174. The molecule has 0 unspecified atom stereocenters. The van der Waals surface area contributed by atoms with Gasteiger partial charge < -0.3 is 19.4 Å². The molecule has 0 radical (unpaired) electrons. The van der Waals surface area contributed by atoms with Gasteiger partial charge in [-0.15, -0.1) is 0 Å². The van der Waals surface area contributed by atoms with Crippen molar-refractivity contribution in [2.24, 2.45) is 0 Å². The van der Waals surface area contributed by atoms with Crippen LogP contribution in [0.25, 0.3) is 11.0 Å². The molecule has 0 aliphatic heterocycles. The van der Waals surface area contributed by atoms with E-state index in [0.29, 0.717) is 30.5 Å². The lowest BCUT2D eigenvalue weighted by atomic mass is 10.3. The minimum atomic E-state index is 0.492. The molecule has 0 saturated heterocycles. The summed E-state index contributed by atoms with van der Waals surface area (Å²) in [6.45, 7) is 1.72. The number of fused-ring (bicyclic) bond motifs is 1. The Bertz CT molecular complexity index is 1110. The van der Waals surface area contributed by atoms with Gasteiger partial charge in [-0.25, -0.2) is 4.98 Å². The topological polar surface area (TPSA) is 48.3 Å². The van der Waals surface area contributed by atoms with Crippen molar-refractivity contribution >= 4 is 28.3 Å². The molecular weight excluding hydrogens is 386 g/mol. The molecule has 29 heavy (non-hydrogen) atoms. The SMILES string of the molecule is COc1ccccc1NCc1nc2ccccc2n1CCOc1ccccc1Cl. The van der Waals surface area contributed by atoms with E-state index in [9.17, 15) is 0 Å². The van der Waals surface area contributed by atoms with E-state index in [2.05, 4.69) is 16.0 Å². The van der Waals surface area contributed by atoms with E-state index < -0.39 is 0 Å². The van der Waals surface area contributed by atoms with E-state index in [-0.39, 0.29) is 0 Å². The van der Waals surface area contributed by atoms with Crippen molar-refractivity contribution in [1.29, 1.82) is 0 Å². The second-order valence-corrected chi connectivity index (χ2v) is 6.91. The van der Waals surface area contributed by atoms with Crippen LogP contribution < -0.4 is 14.8 Å². The number of halogens is 1. The van der Waals surface area contributed by atoms with Crippen LogP contribution in [0.1, 0.15) is 5.82 Å². The lowest BCUT2D eigenvalue weighted by molar-refractivity contribution is 0.298. The number of anilines is 1. The van der Waals surface area contributed by atoms with Crippen LogP contribution in [0.4, 0.5) is 5.69 Å². The number of rotatable bonds is 8. The van der Waals surface area contributed by atoms with E-state index in [1.807, 2.05) is 66.7 Å². The van der Waals surface area contributed by atoms with Crippen LogP contribution in [0.15, 0.2) is 72.8 Å². The Labute approximate surface area is 174 Å². The number of hydrogen-bond donors (Lipinski definition) is 1. The smallest absolute Gasteiger partial charge is 0.141 e. The molecule has 4 rings (SSSR count). The highest BCUT2D eigenvalue weighted by atomic mass is 35.5. The summed E-state index contributed by atoms with van der Waals surface area (Å²) in [7, 11) is 1.67. The Kier molecular flexibility index (Phi) is 5.86. The van der Waals surface area contributed by atoms with E-state index >= 15 is 0 Å². The minimum Gasteiger partial charge on any atom is -0.495 e. The maximum atomic E-state index is 6.19. The highest BCUT2D eigenvalue weighted by Gasteiger charge is 2.12. The molecule has 6 heteroatoms. The molecule has 0 atom stereocenters. The Balaban J connectivity index is 1.53. The van der Waals surface area contributed by atoms with Gasteiger partial charge in [0.1, 0.15) is 23.9 Å². The van der Waals surface area contributed by atoms with Crippen molar-refractivity contribution in [3.8, 4) is 11.5 Å². The number of hydrogen-bond acceptors (Lipinski definition) is 4. The molecule has 3 aromatic carbocycles. The number of methoxy groups -OCH3 is 1. The fourth-order valence-electron chi connectivity index (χ4n) is 3.28. The van der Waals surface area contributed by atoms with Gasteiger partial charge in [0.15, 0.2) is 0 Å². The van der Waals surface area contributed by atoms with Crippen molar-refractivity contribution in [2.45, 2.75) is 13.1 Å². The molecule has 1 N–H and O–H groups in total. The minimum absolute atomic E-state index is 0.492. The highest BCUT2D eigenvalue weighted by Crippen LogP contribution is 2.25. The summed E-state index contributed by atoms with van der Waals surface area (Å²) in [6.07, 6.45) is 0. The third kappa shape index (κ3) is 4.30. The summed E-state index contributed by atoms with van der Waals surface area (Å²) in [5.41, 5.74) is 2.97. The molecule has 0 spiro atoms. The second-order valence-electron chi connectivity index (χ2n) is 6.50. The molecule has 0 bridgehead atoms. The van der Waals surface area contributed by atoms with Crippen molar-refractivity contribution in [3.63, 3.8) is 0 Å². The zero-order chi connectivity index (χ0) is 20.1. The molecule has 1 aromatic heterocycles. The van der Waals surface area contributed by atoms with Gasteiger partial charge in [-0.2, -0.15) is 0 Å². The predicted octanol–water partition coefficient (Wildman–Crippen LogP) is 5.39. The molecule has 0 saturated carbocycles. The van der Waals surface area contributed by atoms with Crippen LogP contribution in [0.5, 0.6) is 11.5 Å². The Hall–Kier alpha value is -3.18. The van der Waals surface area contributed by atoms with Crippen LogP contribution >= 0.6 is 11.6 Å². The number of ether oxygens (including phenoxy) is 2. The highest BCUT2D eigenvalue weighted by molar-refractivity contribution is 6.32. The summed E-state index contributed by atoms with van der Waals surface area (Å²) in [4.78, 5) is 4.80. The quantitative estimate of drug-likeness (QED) is 0.425. The van der Waals surface area contributed by atoms with Crippen molar-refractivity contribution in [3.05, 3.63) is 83.6 Å². The van der Waals surface area contributed by atoms with Gasteiger partial charge in [-0.3, -0.25) is 0 Å². The second kappa shape index (κ2) is 8.88. The molecule has 0 fully saturated rings. The Morgan fingerprint density at radius 1 is 0.931 bits per heavy atom. The summed E-state index contributed by atoms with van der Waals surface area (Å²) >= 11 is 6.19. The van der Waals surface area contributed by atoms with E-state index in [1.54, 1.807) is 7.11 Å². The number of aromatic nitrogens is 2. The number of nitrogens with one attached hydrogen (secondary N) is 1. The Morgan fingerprint density at radius 2 is 1.66 bits per heavy atom. The predicted molar refractivity (Wildman–Crippen MR) is 117 cm³/mol. The first-order valence-corrected chi connectivity index (χ1v) is 9.82. The van der Waals surface area contributed by atoms with Crippen LogP contribution in [0.2, 0.25) is 5.02 Å². The largest absolute Gasteiger partial charge is 0.495 e. The lowest BCUT2D eigenvalue weighted by Gasteiger charge is -2.14. The number of benzene rings is 3. The number of para-hydroxylation sites is 5. The Morgan fingerprint density at radius 3 is 2.48 bits per heavy atom. The zero-order valence-electron chi connectivity index (χ0n) is 16.1. The standard InChI is InChI=1S/C23H22ClN3O2/c1-28-22-13-7-4-10-19(22)25-16-23-26-18-9-3-5-11-20(18)27(23)14-15-29-21-12-6-2-8-17(21)24/h2-13,25H,14-16H2,1H3. The van der Waals surface area contributed by atoms with Gasteiger partial charge in [0.2, 0.25) is 0 Å². The van der Waals surface area contributed by atoms with Gasteiger partial charge in [0.05, 0.1) is 41.9 Å². The number of nitrogens with zero attached hydrogens (tertiary/aromatic N) is 2. The average molecular weight is 408 g/mol. The third-order valence-electron chi connectivity index (χ3n) is 4.69. The molecule has 0 aliphatic carbocycles. The van der Waals surface area contributed by atoms with Gasteiger partial charge in [0.25, 0.3) is 0 Å². The van der Waals surface area contributed by atoms with E-state index in [4.69, 9.17) is 26.1 Å². The van der Waals surface area contributed by atoms with Gasteiger partial charge in [-0.1, -0.05) is 48.0 Å². The summed E-state index contributed by atoms with van der Waals surface area (Å²) < 4.78 is 13.5. The molecule has 1 heterocycles. The molecule has 0 aliphatic rings. The molecule has 5 nitrogen and oxygen atoms in total. The van der Waals surface area contributed by atoms with Crippen LogP contribution in [-0.4, -0.2) is 23.3 Å². The van der Waals surface area contributed by atoms with Crippen molar-refractivity contribution < 1.29 is 9.47 Å². The summed E-state index contributed by atoms with van der Waals surface area (Å²) in [6, 6.07) is 23.5. The first-order chi connectivity index (χ1) is 14.3. The fourth-order valence-corrected chi connectivity index (χ4v) is 3.47. The van der Waals surface area contributed by atoms with Crippen LogP contribution in [-0.2, 0) is 13.1 Å². The van der Waals surface area contributed by atoms with Gasteiger partial charge in [-0.05, 0) is 36.4 Å². The third-order valence-corrected chi connectivity index (χ3v) is 5.00. The van der Waals surface area contributed by atoms with Crippen LogP contribution in [0, 0.1) is 0 Å². The molecule has 0 amide bonds. The average Bonchev–Trinajstić information content (AvgIpc) is 3.11. The van der Waals surface area contributed by atoms with Gasteiger partial charge >= 0.3 is 0 Å². The monoisotopic (exact) mass is 407 g/mol. The summed E-state index contributed by atoms with van der Waals surface area (Å²) in [5, 5.41) is 4.04. The molecule has 148 valence electrons. The maximum absolute atomic E-state index is 6.19. The van der Waals surface area contributed by atoms with E-state index in [1.165, 1.54) is 0 Å². The van der Waals surface area contributed by atoms with Crippen LogP contribution in [0.3, 0.4) is 0 Å². The summed E-state index contributed by atoms with van der Waals surface area (Å²) in [5.74, 6) is 2.42. The first kappa shape index (κ1) is 19.2. The first-order valence-electron chi connectivity index (χ1n) is 9.44. The maximum Gasteiger partial charge on any atom is 0.141 e. The van der Waals surface area contributed by atoms with Crippen molar-refractivity contribution in [1.82, 2.24) is 9.55 Å². The zero-order valence-corrected chi connectivity index (χ0v) is 16.9. The number of imidazole rings is 1. The normalized spacial score (nSPS) is 10.8. The van der Waals surface area contributed by atoms with Crippen molar-refractivity contribution in [2.75, 3.05) is 19.0 Å². The van der Waals surface area contributed by atoms with Gasteiger partial charge in [0, 0.05) is 0 Å².